The number of nitrogens with zero attached hydrogens (tertiary/aromatic N) is 4. The van der Waals surface area contributed by atoms with Gasteiger partial charge in [-0.3, -0.25) is 9.48 Å². The summed E-state index contributed by atoms with van der Waals surface area (Å²) in [5.41, 5.74) is 3.44. The van der Waals surface area contributed by atoms with Crippen molar-refractivity contribution in [3.05, 3.63) is 58.4 Å². The Balaban J connectivity index is 1.45. The number of aromatic nitrogens is 4. The fraction of sp³-hybridized carbons (Fsp3) is 0.375. The van der Waals surface area contributed by atoms with Gasteiger partial charge in [0, 0.05) is 29.6 Å². The van der Waals surface area contributed by atoms with Crippen LogP contribution in [0.5, 0.6) is 0 Å². The molecule has 1 unspecified atom stereocenters. The van der Waals surface area contributed by atoms with Crippen molar-refractivity contribution >= 4 is 21.7 Å². The van der Waals surface area contributed by atoms with Gasteiger partial charge < -0.3 is 5.32 Å². The lowest BCUT2D eigenvalue weighted by Crippen LogP contribution is -2.43. The van der Waals surface area contributed by atoms with E-state index in [-0.39, 0.29) is 22.5 Å². The van der Waals surface area contributed by atoms with E-state index in [2.05, 4.69) is 15.5 Å². The normalized spacial score (nSPS) is 20.0. The molecule has 0 amide bonds. The molecule has 0 bridgehead atoms. The van der Waals surface area contributed by atoms with E-state index in [0.717, 1.165) is 59.8 Å². The Hall–Kier alpha value is -3.06. The highest BCUT2D eigenvalue weighted by Gasteiger charge is 2.46. The number of fused-ring (bicyclic) bond motifs is 2. The maximum absolute atomic E-state index is 15.3. The van der Waals surface area contributed by atoms with Gasteiger partial charge in [0.15, 0.2) is 0 Å². The van der Waals surface area contributed by atoms with Gasteiger partial charge in [-0.05, 0) is 80.1 Å². The van der Waals surface area contributed by atoms with E-state index in [1.54, 1.807) is 10.9 Å². The topological polar surface area (TPSA) is 64.7 Å². The Bertz CT molecular complexity index is 1420. The first-order valence-electron chi connectivity index (χ1n) is 10.8. The highest BCUT2D eigenvalue weighted by molar-refractivity contribution is 5.91. The van der Waals surface area contributed by atoms with Crippen LogP contribution in [0.15, 0.2) is 41.5 Å². The summed E-state index contributed by atoms with van der Waals surface area (Å²) in [5, 5.41) is 14.2. The lowest BCUT2D eigenvalue weighted by molar-refractivity contribution is 0.264. The highest BCUT2D eigenvalue weighted by Crippen LogP contribution is 2.45. The summed E-state index contributed by atoms with van der Waals surface area (Å²) in [6.07, 6.45) is 7.60. The molecule has 2 fully saturated rings. The third-order valence-corrected chi connectivity index (χ3v) is 6.91. The first-order valence-corrected chi connectivity index (χ1v) is 10.8. The van der Waals surface area contributed by atoms with Gasteiger partial charge in [-0.25, -0.2) is 9.07 Å². The van der Waals surface area contributed by atoms with Crippen LogP contribution in [0.3, 0.4) is 0 Å². The molecule has 158 valence electrons. The lowest BCUT2D eigenvalue weighted by atomic mass is 9.97. The highest BCUT2D eigenvalue weighted by atomic mass is 19.1. The van der Waals surface area contributed by atoms with Crippen molar-refractivity contribution in [2.75, 3.05) is 6.54 Å². The third-order valence-electron chi connectivity index (χ3n) is 6.91. The lowest BCUT2D eigenvalue weighted by Gasteiger charge is -2.30. The van der Waals surface area contributed by atoms with Gasteiger partial charge in [0.25, 0.3) is 5.56 Å². The molecule has 1 saturated carbocycles. The van der Waals surface area contributed by atoms with Gasteiger partial charge in [-0.1, -0.05) is 0 Å². The summed E-state index contributed by atoms with van der Waals surface area (Å²) in [4.78, 5) is 13.2. The van der Waals surface area contributed by atoms with E-state index in [1.807, 2.05) is 38.4 Å². The molecule has 1 N–H and O–H groups in total. The van der Waals surface area contributed by atoms with E-state index >= 15 is 4.39 Å². The van der Waals surface area contributed by atoms with Crippen LogP contribution >= 0.6 is 0 Å². The fourth-order valence-corrected chi connectivity index (χ4v) is 5.14. The van der Waals surface area contributed by atoms with Crippen LogP contribution in [-0.4, -0.2) is 31.6 Å². The van der Waals surface area contributed by atoms with Gasteiger partial charge >= 0.3 is 0 Å². The van der Waals surface area contributed by atoms with Crippen molar-refractivity contribution in [2.24, 2.45) is 7.05 Å². The smallest absolute Gasteiger partial charge is 0.277 e. The summed E-state index contributed by atoms with van der Waals surface area (Å²) in [7, 11) is 1.89. The Morgan fingerprint density at radius 3 is 2.74 bits per heavy atom. The molecule has 0 radical (unpaired) electrons. The zero-order valence-corrected chi connectivity index (χ0v) is 17.7. The fourth-order valence-electron chi connectivity index (χ4n) is 5.14. The molecule has 2 aromatic carbocycles. The van der Waals surface area contributed by atoms with E-state index < -0.39 is 5.82 Å². The number of aryl methyl sites for hydroxylation is 2. The van der Waals surface area contributed by atoms with Crippen LogP contribution in [0.2, 0.25) is 0 Å². The first-order chi connectivity index (χ1) is 14.9. The Kier molecular flexibility index (Phi) is 3.90. The molecule has 3 heterocycles. The summed E-state index contributed by atoms with van der Waals surface area (Å²) in [6.45, 7) is 2.87. The summed E-state index contributed by atoms with van der Waals surface area (Å²) in [6, 6.07) is 7.37. The first kappa shape index (κ1) is 18.7. The second-order valence-electron chi connectivity index (χ2n) is 9.20. The van der Waals surface area contributed by atoms with Crippen molar-refractivity contribution in [1.29, 1.82) is 0 Å². The van der Waals surface area contributed by atoms with Crippen LogP contribution < -0.4 is 10.9 Å². The predicted molar refractivity (Wildman–Crippen MR) is 119 cm³/mol. The molecule has 6 nitrogen and oxygen atoms in total. The summed E-state index contributed by atoms with van der Waals surface area (Å²) < 4.78 is 18.5. The molecular weight excluding hydrogens is 393 g/mol. The molecule has 7 heteroatoms. The van der Waals surface area contributed by atoms with Crippen LogP contribution in [0.4, 0.5) is 4.39 Å². The van der Waals surface area contributed by atoms with Crippen LogP contribution in [-0.2, 0) is 7.05 Å². The van der Waals surface area contributed by atoms with Crippen LogP contribution in [0, 0.1) is 12.7 Å². The number of piperidine rings is 1. The molecule has 2 aromatic heterocycles. The van der Waals surface area contributed by atoms with Gasteiger partial charge in [0.05, 0.1) is 23.1 Å². The van der Waals surface area contributed by atoms with E-state index in [4.69, 9.17) is 0 Å². The minimum Gasteiger partial charge on any atom is -0.311 e. The Morgan fingerprint density at radius 2 is 1.94 bits per heavy atom. The van der Waals surface area contributed by atoms with E-state index in [9.17, 15) is 4.79 Å². The SMILES string of the molecule is Cc1cc(-c2cc(F)c3c(=O)n(C4CCNC5(CC5)C4)ncc3c2)cc2cn(C)nc12. The van der Waals surface area contributed by atoms with Crippen LogP contribution in [0.1, 0.15) is 37.3 Å². The van der Waals surface area contributed by atoms with Gasteiger partial charge in [-0.2, -0.15) is 10.2 Å². The molecule has 1 aliphatic heterocycles. The maximum Gasteiger partial charge on any atom is 0.277 e. The van der Waals surface area contributed by atoms with Crippen molar-refractivity contribution in [3.63, 3.8) is 0 Å². The standard InChI is InChI=1S/C24H24FN5O/c1-14-7-15(9-18-13-29(2)28-22(14)18)16-8-17-12-27-30(23(31)21(17)20(25)10-16)19-3-6-26-24(11-19)4-5-24/h7-10,12-13,19,26H,3-6,11H2,1-2H3. The number of halogens is 1. The van der Waals surface area contributed by atoms with Crippen molar-refractivity contribution in [2.45, 2.75) is 44.2 Å². The van der Waals surface area contributed by atoms with Crippen molar-refractivity contribution in [3.8, 4) is 11.1 Å². The summed E-state index contributed by atoms with van der Waals surface area (Å²) in [5.74, 6) is -0.493. The predicted octanol–water partition coefficient (Wildman–Crippen LogP) is 3.85. The second-order valence-corrected chi connectivity index (χ2v) is 9.20. The molecule has 1 atom stereocenters. The zero-order chi connectivity index (χ0) is 21.3. The van der Waals surface area contributed by atoms with E-state index in [0.29, 0.717) is 5.39 Å². The quantitative estimate of drug-likeness (QED) is 0.538. The molecule has 1 aliphatic carbocycles. The van der Waals surface area contributed by atoms with Gasteiger partial charge in [0.2, 0.25) is 0 Å². The minimum absolute atomic E-state index is 0.0235. The Morgan fingerprint density at radius 1 is 1.16 bits per heavy atom. The number of hydrogen-bond acceptors (Lipinski definition) is 4. The average molecular weight is 417 g/mol. The van der Waals surface area contributed by atoms with Crippen molar-refractivity contribution < 1.29 is 4.39 Å². The van der Waals surface area contributed by atoms with Crippen LogP contribution in [0.25, 0.3) is 32.8 Å². The number of hydrogen-bond donors (Lipinski definition) is 1. The van der Waals surface area contributed by atoms with Gasteiger partial charge in [-0.15, -0.1) is 0 Å². The molecule has 31 heavy (non-hydrogen) atoms. The largest absolute Gasteiger partial charge is 0.311 e. The summed E-state index contributed by atoms with van der Waals surface area (Å²) >= 11 is 0. The zero-order valence-electron chi connectivity index (χ0n) is 17.7. The van der Waals surface area contributed by atoms with Gasteiger partial charge in [0.1, 0.15) is 5.82 Å². The average Bonchev–Trinajstić information content (AvgIpc) is 3.35. The molecule has 1 spiro atoms. The Labute approximate surface area is 178 Å². The number of nitrogens with one attached hydrogen (secondary N) is 1. The number of rotatable bonds is 2. The molecular formula is C24H24FN5O. The third kappa shape index (κ3) is 2.98. The molecule has 1 saturated heterocycles. The number of benzene rings is 2. The molecule has 2 aliphatic rings. The van der Waals surface area contributed by atoms with Crippen molar-refractivity contribution in [1.82, 2.24) is 24.9 Å². The molecule has 6 rings (SSSR count). The monoisotopic (exact) mass is 417 g/mol. The molecule has 4 aromatic rings. The second kappa shape index (κ2) is 6.47. The van der Waals surface area contributed by atoms with E-state index in [1.165, 1.54) is 10.7 Å². The maximum atomic E-state index is 15.3. The minimum atomic E-state index is -0.493.